The third-order valence-electron chi connectivity index (χ3n) is 3.78. The molecule has 1 heterocycles. The number of hydrogen-bond donors (Lipinski definition) is 2. The minimum atomic E-state index is 0.168. The second-order valence-corrected chi connectivity index (χ2v) is 5.91. The summed E-state index contributed by atoms with van der Waals surface area (Å²) in [5, 5.41) is 6.31. The molecule has 1 aliphatic rings. The van der Waals surface area contributed by atoms with E-state index in [4.69, 9.17) is 0 Å². The van der Waals surface area contributed by atoms with Crippen LogP contribution in [0.4, 0.5) is 0 Å². The van der Waals surface area contributed by atoms with Crippen LogP contribution in [0.25, 0.3) is 0 Å². The van der Waals surface area contributed by atoms with Crippen LogP contribution in [0.3, 0.4) is 0 Å². The van der Waals surface area contributed by atoms with Crippen molar-refractivity contribution >= 4 is 5.91 Å². The molecule has 1 fully saturated rings. The van der Waals surface area contributed by atoms with E-state index < -0.39 is 0 Å². The molecule has 0 aliphatic carbocycles. The first-order valence-corrected chi connectivity index (χ1v) is 7.19. The van der Waals surface area contributed by atoms with Crippen molar-refractivity contribution in [2.75, 3.05) is 33.2 Å². The second kappa shape index (κ2) is 7.74. The van der Waals surface area contributed by atoms with E-state index >= 15 is 0 Å². The van der Waals surface area contributed by atoms with Gasteiger partial charge in [0, 0.05) is 19.1 Å². The van der Waals surface area contributed by atoms with E-state index in [1.165, 1.54) is 12.8 Å². The highest BCUT2D eigenvalue weighted by Crippen LogP contribution is 2.19. The Balaban J connectivity index is 2.31. The van der Waals surface area contributed by atoms with Gasteiger partial charge in [-0.25, -0.2) is 0 Å². The predicted molar refractivity (Wildman–Crippen MR) is 75.5 cm³/mol. The lowest BCUT2D eigenvalue weighted by Gasteiger charge is -2.35. The largest absolute Gasteiger partial charge is 0.355 e. The Bertz CT molecular complexity index is 255. The predicted octanol–water partition coefficient (Wildman–Crippen LogP) is 1.08. The molecule has 1 aliphatic heterocycles. The van der Waals surface area contributed by atoms with E-state index in [0.29, 0.717) is 24.4 Å². The summed E-state index contributed by atoms with van der Waals surface area (Å²) in [5.41, 5.74) is 0. The normalized spacial score (nSPS) is 23.1. The monoisotopic (exact) mass is 255 g/mol. The van der Waals surface area contributed by atoms with Crippen LogP contribution in [-0.4, -0.2) is 50.1 Å². The van der Waals surface area contributed by atoms with E-state index in [0.717, 1.165) is 19.6 Å². The van der Waals surface area contributed by atoms with Gasteiger partial charge in [-0.1, -0.05) is 13.8 Å². The molecule has 1 rings (SSSR count). The maximum atomic E-state index is 11.8. The Kier molecular flexibility index (Phi) is 6.65. The number of carbonyl (C=O) groups excluding carboxylic acids is 1. The molecule has 106 valence electrons. The van der Waals surface area contributed by atoms with E-state index in [1.807, 2.05) is 7.05 Å². The molecule has 2 unspecified atom stereocenters. The Hall–Kier alpha value is -0.610. The molecule has 0 saturated carbocycles. The SMILES string of the molecule is CNC(C)C1CCCN(CC(=O)NCC(C)C)C1. The highest BCUT2D eigenvalue weighted by Gasteiger charge is 2.24. The number of hydrogen-bond acceptors (Lipinski definition) is 3. The van der Waals surface area contributed by atoms with Crippen molar-refractivity contribution in [3.05, 3.63) is 0 Å². The van der Waals surface area contributed by atoms with Crippen molar-refractivity contribution < 1.29 is 4.79 Å². The minimum absolute atomic E-state index is 0.168. The first-order valence-electron chi connectivity index (χ1n) is 7.19. The Morgan fingerprint density at radius 3 is 2.72 bits per heavy atom. The van der Waals surface area contributed by atoms with Gasteiger partial charge in [-0.05, 0) is 45.2 Å². The lowest BCUT2D eigenvalue weighted by molar-refractivity contribution is -0.122. The van der Waals surface area contributed by atoms with Gasteiger partial charge in [-0.15, -0.1) is 0 Å². The molecule has 0 spiro atoms. The Labute approximate surface area is 111 Å². The number of amides is 1. The highest BCUT2D eigenvalue weighted by atomic mass is 16.2. The fourth-order valence-corrected chi connectivity index (χ4v) is 2.46. The van der Waals surface area contributed by atoms with Gasteiger partial charge in [0.25, 0.3) is 0 Å². The number of nitrogens with one attached hydrogen (secondary N) is 2. The zero-order chi connectivity index (χ0) is 13.5. The molecule has 0 bridgehead atoms. The van der Waals surface area contributed by atoms with Crippen LogP contribution in [-0.2, 0) is 4.79 Å². The first-order chi connectivity index (χ1) is 8.52. The van der Waals surface area contributed by atoms with Crippen molar-refractivity contribution in [2.24, 2.45) is 11.8 Å². The number of likely N-dealkylation sites (tertiary alicyclic amines) is 1. The number of carbonyl (C=O) groups is 1. The van der Waals surface area contributed by atoms with E-state index in [9.17, 15) is 4.79 Å². The fraction of sp³-hybridized carbons (Fsp3) is 0.929. The van der Waals surface area contributed by atoms with Gasteiger partial charge in [0.05, 0.1) is 6.54 Å². The standard InChI is InChI=1S/C14H29N3O/c1-11(2)8-16-14(18)10-17-7-5-6-13(9-17)12(3)15-4/h11-13,15H,5-10H2,1-4H3,(H,16,18). The summed E-state index contributed by atoms with van der Waals surface area (Å²) in [6, 6.07) is 0.534. The van der Waals surface area contributed by atoms with E-state index in [2.05, 4.69) is 36.3 Å². The summed E-state index contributed by atoms with van der Waals surface area (Å²) in [7, 11) is 2.01. The molecule has 4 nitrogen and oxygen atoms in total. The maximum absolute atomic E-state index is 11.8. The molecule has 0 aromatic rings. The number of rotatable bonds is 6. The molecule has 2 N–H and O–H groups in total. The number of piperidine rings is 1. The molecule has 4 heteroatoms. The van der Waals surface area contributed by atoms with Crippen molar-refractivity contribution in [3.8, 4) is 0 Å². The third-order valence-corrected chi connectivity index (χ3v) is 3.78. The van der Waals surface area contributed by atoms with E-state index in [1.54, 1.807) is 0 Å². The van der Waals surface area contributed by atoms with Crippen molar-refractivity contribution in [1.82, 2.24) is 15.5 Å². The van der Waals surface area contributed by atoms with Gasteiger partial charge in [0.2, 0.25) is 5.91 Å². The first kappa shape index (κ1) is 15.4. The summed E-state index contributed by atoms with van der Waals surface area (Å²) < 4.78 is 0. The highest BCUT2D eigenvalue weighted by molar-refractivity contribution is 5.78. The van der Waals surface area contributed by atoms with Gasteiger partial charge >= 0.3 is 0 Å². The summed E-state index contributed by atoms with van der Waals surface area (Å²) in [6.07, 6.45) is 2.47. The third kappa shape index (κ3) is 5.36. The number of nitrogens with zero attached hydrogens (tertiary/aromatic N) is 1. The lowest BCUT2D eigenvalue weighted by Crippen LogP contribution is -2.47. The molecule has 1 amide bonds. The van der Waals surface area contributed by atoms with Crippen LogP contribution in [0.2, 0.25) is 0 Å². The molecule has 2 atom stereocenters. The minimum Gasteiger partial charge on any atom is -0.355 e. The molecule has 1 saturated heterocycles. The molecule has 18 heavy (non-hydrogen) atoms. The van der Waals surface area contributed by atoms with E-state index in [-0.39, 0.29) is 5.91 Å². The average molecular weight is 255 g/mol. The fourth-order valence-electron chi connectivity index (χ4n) is 2.46. The van der Waals surface area contributed by atoms with Gasteiger partial charge < -0.3 is 10.6 Å². The quantitative estimate of drug-likeness (QED) is 0.746. The van der Waals surface area contributed by atoms with Gasteiger partial charge in [-0.2, -0.15) is 0 Å². The van der Waals surface area contributed by atoms with Gasteiger partial charge in [0.1, 0.15) is 0 Å². The topological polar surface area (TPSA) is 44.4 Å². The van der Waals surface area contributed by atoms with Crippen LogP contribution >= 0.6 is 0 Å². The van der Waals surface area contributed by atoms with Crippen molar-refractivity contribution in [1.29, 1.82) is 0 Å². The summed E-state index contributed by atoms with van der Waals surface area (Å²) in [6.45, 7) is 9.90. The van der Waals surface area contributed by atoms with Crippen LogP contribution < -0.4 is 10.6 Å². The molecule has 0 radical (unpaired) electrons. The Morgan fingerprint density at radius 2 is 2.11 bits per heavy atom. The van der Waals surface area contributed by atoms with Gasteiger partial charge in [-0.3, -0.25) is 9.69 Å². The molecular formula is C14H29N3O. The van der Waals surface area contributed by atoms with Crippen LogP contribution in [0.1, 0.15) is 33.6 Å². The van der Waals surface area contributed by atoms with Crippen LogP contribution in [0, 0.1) is 11.8 Å². The zero-order valence-electron chi connectivity index (χ0n) is 12.3. The Morgan fingerprint density at radius 1 is 1.39 bits per heavy atom. The molecule has 0 aromatic heterocycles. The summed E-state index contributed by atoms with van der Waals surface area (Å²) >= 11 is 0. The van der Waals surface area contributed by atoms with Crippen molar-refractivity contribution in [2.45, 2.75) is 39.7 Å². The van der Waals surface area contributed by atoms with Crippen LogP contribution in [0.15, 0.2) is 0 Å². The summed E-state index contributed by atoms with van der Waals surface area (Å²) in [4.78, 5) is 14.1. The maximum Gasteiger partial charge on any atom is 0.234 e. The van der Waals surface area contributed by atoms with Crippen molar-refractivity contribution in [3.63, 3.8) is 0 Å². The van der Waals surface area contributed by atoms with Gasteiger partial charge in [0.15, 0.2) is 0 Å². The second-order valence-electron chi connectivity index (χ2n) is 5.91. The zero-order valence-corrected chi connectivity index (χ0v) is 12.3. The summed E-state index contributed by atoms with van der Waals surface area (Å²) in [5.74, 6) is 1.36. The molecule has 0 aromatic carbocycles. The lowest BCUT2D eigenvalue weighted by atomic mass is 9.92. The smallest absolute Gasteiger partial charge is 0.234 e. The molecular weight excluding hydrogens is 226 g/mol. The van der Waals surface area contributed by atoms with Crippen LogP contribution in [0.5, 0.6) is 0 Å². The average Bonchev–Trinajstić information content (AvgIpc) is 2.35.